The molecule has 5 heteroatoms. The Kier molecular flexibility index (Phi) is 4.95. The van der Waals surface area contributed by atoms with Gasteiger partial charge >= 0.3 is 0 Å². The molecule has 0 saturated heterocycles. The van der Waals surface area contributed by atoms with Crippen molar-refractivity contribution in [3.63, 3.8) is 0 Å². The van der Waals surface area contributed by atoms with Crippen molar-refractivity contribution in [2.24, 2.45) is 5.84 Å². The third kappa shape index (κ3) is 3.20. The van der Waals surface area contributed by atoms with Crippen LogP contribution >= 0.6 is 23.4 Å². The summed E-state index contributed by atoms with van der Waals surface area (Å²) in [7, 11) is 0. The van der Waals surface area contributed by atoms with Gasteiger partial charge in [0.25, 0.3) is 0 Å². The van der Waals surface area contributed by atoms with Gasteiger partial charge in [-0.15, -0.1) is 0 Å². The average Bonchev–Trinajstić information content (AvgIpc) is 2.77. The molecule has 1 heterocycles. The molecule has 1 atom stereocenters. The van der Waals surface area contributed by atoms with Crippen molar-refractivity contribution in [3.05, 3.63) is 35.0 Å². The zero-order valence-electron chi connectivity index (χ0n) is 10.3. The van der Waals surface area contributed by atoms with Gasteiger partial charge in [0, 0.05) is 16.2 Å². The van der Waals surface area contributed by atoms with E-state index in [1.54, 1.807) is 0 Å². The number of thioether (sulfide) groups is 1. The molecule has 0 spiro atoms. The highest BCUT2D eigenvalue weighted by atomic mass is 35.5. The third-order valence-corrected chi connectivity index (χ3v) is 4.18. The minimum absolute atomic E-state index is 0.0349. The van der Waals surface area contributed by atoms with Gasteiger partial charge in [-0.25, -0.2) is 5.43 Å². The summed E-state index contributed by atoms with van der Waals surface area (Å²) >= 11 is 7.82. The number of nitrogens with two attached hydrogens (primary N) is 1. The Bertz CT molecular complexity index is 515. The summed E-state index contributed by atoms with van der Waals surface area (Å²) < 4.78 is 5.79. The first kappa shape index (κ1) is 13.7. The SMILES string of the molecule is CCCSCC(NN)c1cc2cc(Cl)ccc2o1. The summed E-state index contributed by atoms with van der Waals surface area (Å²) in [6.45, 7) is 2.17. The van der Waals surface area contributed by atoms with Crippen molar-refractivity contribution >= 4 is 34.3 Å². The second-order valence-corrected chi connectivity index (χ2v) is 5.71. The highest BCUT2D eigenvalue weighted by Crippen LogP contribution is 2.27. The van der Waals surface area contributed by atoms with Crippen LogP contribution in [0.3, 0.4) is 0 Å². The van der Waals surface area contributed by atoms with Gasteiger partial charge in [-0.05, 0) is 36.4 Å². The average molecular weight is 285 g/mol. The Balaban J connectivity index is 2.17. The number of nitrogens with one attached hydrogen (secondary N) is 1. The molecule has 0 aliphatic rings. The third-order valence-electron chi connectivity index (χ3n) is 2.68. The lowest BCUT2D eigenvalue weighted by Crippen LogP contribution is -2.29. The first-order valence-electron chi connectivity index (χ1n) is 5.97. The lowest BCUT2D eigenvalue weighted by Gasteiger charge is -2.12. The van der Waals surface area contributed by atoms with Crippen molar-refractivity contribution in [1.29, 1.82) is 0 Å². The predicted octanol–water partition coefficient (Wildman–Crippen LogP) is 3.73. The summed E-state index contributed by atoms with van der Waals surface area (Å²) in [4.78, 5) is 0. The van der Waals surface area contributed by atoms with Crippen LogP contribution in [0.4, 0.5) is 0 Å². The molecule has 3 N–H and O–H groups in total. The molecular weight excluding hydrogens is 268 g/mol. The molecule has 18 heavy (non-hydrogen) atoms. The molecule has 0 aliphatic carbocycles. The fourth-order valence-corrected chi connectivity index (χ4v) is 2.90. The van der Waals surface area contributed by atoms with Gasteiger partial charge in [0.1, 0.15) is 11.3 Å². The minimum Gasteiger partial charge on any atom is -0.459 e. The minimum atomic E-state index is 0.0349. The molecule has 1 unspecified atom stereocenters. The molecule has 2 aromatic rings. The van der Waals surface area contributed by atoms with E-state index in [-0.39, 0.29) is 6.04 Å². The molecule has 0 radical (unpaired) electrons. The molecule has 0 bridgehead atoms. The number of fused-ring (bicyclic) bond motifs is 1. The summed E-state index contributed by atoms with van der Waals surface area (Å²) in [5.41, 5.74) is 3.65. The van der Waals surface area contributed by atoms with E-state index in [1.165, 1.54) is 0 Å². The highest BCUT2D eigenvalue weighted by Gasteiger charge is 2.15. The van der Waals surface area contributed by atoms with Crippen LogP contribution in [-0.4, -0.2) is 11.5 Å². The second kappa shape index (κ2) is 6.48. The topological polar surface area (TPSA) is 51.2 Å². The van der Waals surface area contributed by atoms with Gasteiger partial charge in [-0.2, -0.15) is 11.8 Å². The number of rotatable bonds is 6. The maximum absolute atomic E-state index is 5.96. The zero-order valence-corrected chi connectivity index (χ0v) is 11.9. The van der Waals surface area contributed by atoms with Crippen molar-refractivity contribution in [1.82, 2.24) is 5.43 Å². The van der Waals surface area contributed by atoms with Crippen LogP contribution in [0.1, 0.15) is 25.1 Å². The standard InChI is InChI=1S/C13H17ClN2OS/c1-2-5-18-8-11(16-15)13-7-9-6-10(14)3-4-12(9)17-13/h3-4,6-7,11,16H,2,5,8,15H2,1H3. The molecule has 0 saturated carbocycles. The van der Waals surface area contributed by atoms with E-state index in [1.807, 2.05) is 36.0 Å². The molecule has 98 valence electrons. The Morgan fingerprint density at radius 2 is 2.28 bits per heavy atom. The summed E-state index contributed by atoms with van der Waals surface area (Å²) in [5, 5.41) is 1.73. The van der Waals surface area contributed by atoms with Gasteiger partial charge in [-0.1, -0.05) is 18.5 Å². The van der Waals surface area contributed by atoms with Gasteiger partial charge < -0.3 is 4.42 Å². The molecule has 1 aromatic heterocycles. The number of benzene rings is 1. The molecule has 0 amide bonds. The number of hydrogen-bond acceptors (Lipinski definition) is 4. The van der Waals surface area contributed by atoms with E-state index in [4.69, 9.17) is 21.9 Å². The quantitative estimate of drug-likeness (QED) is 0.482. The maximum Gasteiger partial charge on any atom is 0.134 e. The largest absolute Gasteiger partial charge is 0.459 e. The summed E-state index contributed by atoms with van der Waals surface area (Å²) in [5.74, 6) is 8.48. The monoisotopic (exact) mass is 284 g/mol. The molecule has 0 aliphatic heterocycles. The van der Waals surface area contributed by atoms with Crippen LogP contribution in [0.15, 0.2) is 28.7 Å². The number of hydrazine groups is 1. The van der Waals surface area contributed by atoms with Crippen LogP contribution in [0.25, 0.3) is 11.0 Å². The van der Waals surface area contributed by atoms with Gasteiger partial charge in [0.2, 0.25) is 0 Å². The Morgan fingerprint density at radius 1 is 1.44 bits per heavy atom. The lowest BCUT2D eigenvalue weighted by molar-refractivity contribution is 0.464. The molecule has 3 nitrogen and oxygen atoms in total. The maximum atomic E-state index is 5.96. The fraction of sp³-hybridized carbons (Fsp3) is 0.385. The zero-order chi connectivity index (χ0) is 13.0. The van der Waals surface area contributed by atoms with Crippen LogP contribution in [0.2, 0.25) is 5.02 Å². The van der Waals surface area contributed by atoms with Crippen molar-refractivity contribution in [2.75, 3.05) is 11.5 Å². The van der Waals surface area contributed by atoms with Crippen LogP contribution in [-0.2, 0) is 0 Å². The van der Waals surface area contributed by atoms with Crippen LogP contribution in [0.5, 0.6) is 0 Å². The Hall–Kier alpha value is -0.680. The van der Waals surface area contributed by atoms with Crippen LogP contribution in [0, 0.1) is 0 Å². The second-order valence-electron chi connectivity index (χ2n) is 4.13. The van der Waals surface area contributed by atoms with Gasteiger partial charge in [-0.3, -0.25) is 5.84 Å². The summed E-state index contributed by atoms with van der Waals surface area (Å²) in [6, 6.07) is 7.64. The molecule has 2 rings (SSSR count). The van der Waals surface area contributed by atoms with E-state index in [0.717, 1.165) is 34.7 Å². The van der Waals surface area contributed by atoms with Crippen molar-refractivity contribution in [3.8, 4) is 0 Å². The predicted molar refractivity (Wildman–Crippen MR) is 78.9 cm³/mol. The van der Waals surface area contributed by atoms with Gasteiger partial charge in [0.15, 0.2) is 0 Å². The summed E-state index contributed by atoms with van der Waals surface area (Å²) in [6.07, 6.45) is 1.16. The molecule has 1 aromatic carbocycles. The normalized spacial score (nSPS) is 13.1. The van der Waals surface area contributed by atoms with Gasteiger partial charge in [0.05, 0.1) is 6.04 Å². The number of furan rings is 1. The van der Waals surface area contributed by atoms with E-state index in [2.05, 4.69) is 12.3 Å². The van der Waals surface area contributed by atoms with Crippen molar-refractivity contribution in [2.45, 2.75) is 19.4 Å². The first-order valence-corrected chi connectivity index (χ1v) is 7.50. The fourth-order valence-electron chi connectivity index (χ4n) is 1.76. The highest BCUT2D eigenvalue weighted by molar-refractivity contribution is 7.99. The molecular formula is C13H17ClN2OS. The van der Waals surface area contributed by atoms with E-state index in [0.29, 0.717) is 5.02 Å². The number of hydrogen-bond donors (Lipinski definition) is 2. The first-order chi connectivity index (χ1) is 8.74. The Morgan fingerprint density at radius 3 is 3.00 bits per heavy atom. The Labute approximate surface area is 116 Å². The van der Waals surface area contributed by atoms with E-state index in [9.17, 15) is 0 Å². The molecule has 0 fully saturated rings. The van der Waals surface area contributed by atoms with Crippen LogP contribution < -0.4 is 11.3 Å². The van der Waals surface area contributed by atoms with Crippen molar-refractivity contribution < 1.29 is 4.42 Å². The van der Waals surface area contributed by atoms with E-state index < -0.39 is 0 Å². The number of halogens is 1. The van der Waals surface area contributed by atoms with E-state index >= 15 is 0 Å². The lowest BCUT2D eigenvalue weighted by atomic mass is 10.2. The smallest absolute Gasteiger partial charge is 0.134 e.